The summed E-state index contributed by atoms with van der Waals surface area (Å²) in [6, 6.07) is 15.9. The maximum absolute atomic E-state index is 5.36. The lowest BCUT2D eigenvalue weighted by Gasteiger charge is -2.08. The van der Waals surface area contributed by atoms with Gasteiger partial charge in [0.05, 0.1) is 19.9 Å². The van der Waals surface area contributed by atoms with Crippen LogP contribution in [0.1, 0.15) is 5.56 Å². The van der Waals surface area contributed by atoms with E-state index in [1.165, 1.54) is 0 Å². The fourth-order valence-electron chi connectivity index (χ4n) is 2.27. The molecule has 0 saturated carbocycles. The molecule has 2 aromatic carbocycles. The normalized spacial score (nSPS) is 10.3. The maximum Gasteiger partial charge on any atom is 0.183 e. The van der Waals surface area contributed by atoms with Gasteiger partial charge in [0, 0.05) is 23.1 Å². The van der Waals surface area contributed by atoms with Crippen LogP contribution in [0.25, 0.3) is 11.3 Å². The summed E-state index contributed by atoms with van der Waals surface area (Å²) in [5.74, 6) is 1.73. The number of para-hydroxylation sites is 1. The van der Waals surface area contributed by atoms with Crippen molar-refractivity contribution in [1.82, 2.24) is 4.98 Å². The lowest BCUT2D eigenvalue weighted by molar-refractivity contribution is 0.410. The number of benzene rings is 2. The topological polar surface area (TPSA) is 43.4 Å². The first kappa shape index (κ1) is 15.4. The zero-order valence-corrected chi connectivity index (χ0v) is 13.9. The minimum atomic E-state index is 0.680. The van der Waals surface area contributed by atoms with Crippen LogP contribution in [-0.2, 0) is 6.54 Å². The number of hydrogen-bond acceptors (Lipinski definition) is 5. The number of methoxy groups -OCH3 is 2. The number of rotatable bonds is 6. The Kier molecular flexibility index (Phi) is 4.78. The van der Waals surface area contributed by atoms with Crippen molar-refractivity contribution in [2.24, 2.45) is 0 Å². The van der Waals surface area contributed by atoms with Gasteiger partial charge >= 0.3 is 0 Å². The van der Waals surface area contributed by atoms with E-state index in [0.717, 1.165) is 33.5 Å². The number of aromatic nitrogens is 1. The SMILES string of the molecule is COc1ccc(-c2csc(NCc3ccccc3OC)n2)cc1. The highest BCUT2D eigenvalue weighted by Gasteiger charge is 2.06. The van der Waals surface area contributed by atoms with E-state index < -0.39 is 0 Å². The van der Waals surface area contributed by atoms with E-state index in [1.807, 2.05) is 53.9 Å². The van der Waals surface area contributed by atoms with E-state index >= 15 is 0 Å². The highest BCUT2D eigenvalue weighted by atomic mass is 32.1. The van der Waals surface area contributed by atoms with Gasteiger partial charge in [0.1, 0.15) is 11.5 Å². The van der Waals surface area contributed by atoms with Crippen LogP contribution in [0.15, 0.2) is 53.9 Å². The van der Waals surface area contributed by atoms with E-state index in [4.69, 9.17) is 9.47 Å². The first-order valence-electron chi connectivity index (χ1n) is 7.26. The van der Waals surface area contributed by atoms with Crippen LogP contribution in [-0.4, -0.2) is 19.2 Å². The number of thiazole rings is 1. The second kappa shape index (κ2) is 7.15. The third kappa shape index (κ3) is 3.63. The Hall–Kier alpha value is -2.53. The molecule has 1 heterocycles. The molecule has 0 atom stereocenters. The molecule has 118 valence electrons. The van der Waals surface area contributed by atoms with Crippen LogP contribution < -0.4 is 14.8 Å². The van der Waals surface area contributed by atoms with Gasteiger partial charge in [0.2, 0.25) is 0 Å². The maximum atomic E-state index is 5.36. The molecule has 1 aromatic heterocycles. The van der Waals surface area contributed by atoms with Gasteiger partial charge in [-0.1, -0.05) is 18.2 Å². The van der Waals surface area contributed by atoms with Gasteiger partial charge in [0.25, 0.3) is 0 Å². The summed E-state index contributed by atoms with van der Waals surface area (Å²) in [6.07, 6.45) is 0. The lowest BCUT2D eigenvalue weighted by Crippen LogP contribution is -2.01. The van der Waals surface area contributed by atoms with Crippen LogP contribution in [0, 0.1) is 0 Å². The van der Waals surface area contributed by atoms with Crippen molar-refractivity contribution in [2.45, 2.75) is 6.54 Å². The Morgan fingerprint density at radius 3 is 2.52 bits per heavy atom. The van der Waals surface area contributed by atoms with Gasteiger partial charge in [-0.05, 0) is 30.3 Å². The minimum Gasteiger partial charge on any atom is -0.497 e. The van der Waals surface area contributed by atoms with Gasteiger partial charge in [0.15, 0.2) is 5.13 Å². The summed E-state index contributed by atoms with van der Waals surface area (Å²) >= 11 is 1.59. The number of nitrogens with one attached hydrogen (secondary N) is 1. The van der Waals surface area contributed by atoms with Gasteiger partial charge < -0.3 is 14.8 Å². The van der Waals surface area contributed by atoms with Gasteiger partial charge in [-0.15, -0.1) is 11.3 Å². The molecule has 23 heavy (non-hydrogen) atoms. The summed E-state index contributed by atoms with van der Waals surface area (Å²) in [6.45, 7) is 0.680. The standard InChI is InChI=1S/C18H18N2O2S/c1-21-15-9-7-13(8-10-15)16-12-23-18(20-16)19-11-14-5-3-4-6-17(14)22-2/h3-10,12H,11H2,1-2H3,(H,19,20). The molecule has 0 bridgehead atoms. The fourth-order valence-corrected chi connectivity index (χ4v) is 2.99. The lowest BCUT2D eigenvalue weighted by atomic mass is 10.2. The van der Waals surface area contributed by atoms with Crippen molar-refractivity contribution in [2.75, 3.05) is 19.5 Å². The number of hydrogen-bond donors (Lipinski definition) is 1. The van der Waals surface area contributed by atoms with E-state index in [1.54, 1.807) is 25.6 Å². The van der Waals surface area contributed by atoms with E-state index in [2.05, 4.69) is 10.3 Å². The van der Waals surface area contributed by atoms with Gasteiger partial charge in [-0.25, -0.2) is 4.98 Å². The molecule has 0 aliphatic heterocycles. The molecular weight excluding hydrogens is 308 g/mol. The van der Waals surface area contributed by atoms with Crippen LogP contribution in [0.5, 0.6) is 11.5 Å². The fraction of sp³-hybridized carbons (Fsp3) is 0.167. The van der Waals surface area contributed by atoms with Crippen molar-refractivity contribution in [3.63, 3.8) is 0 Å². The predicted octanol–water partition coefficient (Wildman–Crippen LogP) is 4.44. The summed E-state index contributed by atoms with van der Waals surface area (Å²) in [7, 11) is 3.35. The molecule has 0 unspecified atom stereocenters. The zero-order chi connectivity index (χ0) is 16.1. The summed E-state index contributed by atoms with van der Waals surface area (Å²) in [5, 5.41) is 6.29. The van der Waals surface area contributed by atoms with E-state index in [0.29, 0.717) is 6.54 Å². The molecule has 5 heteroatoms. The highest BCUT2D eigenvalue weighted by molar-refractivity contribution is 7.14. The minimum absolute atomic E-state index is 0.680. The van der Waals surface area contributed by atoms with E-state index in [9.17, 15) is 0 Å². The number of ether oxygens (including phenoxy) is 2. The average Bonchev–Trinajstić information content (AvgIpc) is 3.09. The van der Waals surface area contributed by atoms with Crippen LogP contribution >= 0.6 is 11.3 Å². The molecule has 1 N–H and O–H groups in total. The van der Waals surface area contributed by atoms with Crippen molar-refractivity contribution in [3.8, 4) is 22.8 Å². The molecule has 3 aromatic rings. The molecule has 0 saturated heterocycles. The molecule has 0 fully saturated rings. The van der Waals surface area contributed by atoms with E-state index in [-0.39, 0.29) is 0 Å². The third-order valence-corrected chi connectivity index (χ3v) is 4.31. The average molecular weight is 326 g/mol. The third-order valence-electron chi connectivity index (χ3n) is 3.51. The van der Waals surface area contributed by atoms with Crippen molar-refractivity contribution in [3.05, 3.63) is 59.5 Å². The Morgan fingerprint density at radius 2 is 1.78 bits per heavy atom. The Labute approximate surface area is 139 Å². The molecule has 0 aliphatic carbocycles. The quantitative estimate of drug-likeness (QED) is 0.727. The number of nitrogens with zero attached hydrogens (tertiary/aromatic N) is 1. The van der Waals surface area contributed by atoms with Crippen LogP contribution in [0.3, 0.4) is 0 Å². The van der Waals surface area contributed by atoms with Crippen molar-refractivity contribution < 1.29 is 9.47 Å². The van der Waals surface area contributed by atoms with Crippen molar-refractivity contribution >= 4 is 16.5 Å². The molecule has 4 nitrogen and oxygen atoms in total. The summed E-state index contributed by atoms with van der Waals surface area (Å²) < 4.78 is 10.5. The largest absolute Gasteiger partial charge is 0.497 e. The van der Waals surface area contributed by atoms with Gasteiger partial charge in [-0.3, -0.25) is 0 Å². The van der Waals surface area contributed by atoms with Gasteiger partial charge in [-0.2, -0.15) is 0 Å². The summed E-state index contributed by atoms with van der Waals surface area (Å²) in [4.78, 5) is 4.63. The monoisotopic (exact) mass is 326 g/mol. The molecular formula is C18H18N2O2S. The first-order valence-corrected chi connectivity index (χ1v) is 8.14. The first-order chi connectivity index (χ1) is 11.3. The summed E-state index contributed by atoms with van der Waals surface area (Å²) in [5.41, 5.74) is 3.14. The predicted molar refractivity (Wildman–Crippen MR) is 94.4 cm³/mol. The molecule has 0 amide bonds. The number of anilines is 1. The second-order valence-electron chi connectivity index (χ2n) is 4.93. The molecule has 3 rings (SSSR count). The smallest absolute Gasteiger partial charge is 0.183 e. The Bertz CT molecular complexity index is 769. The van der Waals surface area contributed by atoms with Crippen LogP contribution in [0.2, 0.25) is 0 Å². The molecule has 0 aliphatic rings. The highest BCUT2D eigenvalue weighted by Crippen LogP contribution is 2.27. The molecule has 0 radical (unpaired) electrons. The van der Waals surface area contributed by atoms with Crippen molar-refractivity contribution in [1.29, 1.82) is 0 Å². The Balaban J connectivity index is 1.69. The zero-order valence-electron chi connectivity index (χ0n) is 13.1. The Morgan fingerprint density at radius 1 is 1.00 bits per heavy atom. The van der Waals surface area contributed by atoms with Crippen LogP contribution in [0.4, 0.5) is 5.13 Å². The second-order valence-corrected chi connectivity index (χ2v) is 5.79. The molecule has 0 spiro atoms.